The zero-order valence-corrected chi connectivity index (χ0v) is 13.8. The minimum Gasteiger partial charge on any atom is -0.495 e. The van der Waals surface area contributed by atoms with E-state index in [1.165, 1.54) is 6.07 Å². The van der Waals surface area contributed by atoms with Crippen LogP contribution in [0.2, 0.25) is 0 Å². The standard InChI is InChI=1S/C15H16BrNO4/c1-15(2,3)8-5-9(13(20-4)10(16)6-8)12-7-11(14(18)19)17-21-12/h5-7H,1-4H3,(H,18,19). The number of carboxylic acids is 1. The number of carboxylic acid groups (broad SMARTS) is 1. The van der Waals surface area contributed by atoms with Crippen molar-refractivity contribution in [3.05, 3.63) is 33.9 Å². The third-order valence-corrected chi connectivity index (χ3v) is 3.70. The van der Waals surface area contributed by atoms with E-state index in [1.54, 1.807) is 7.11 Å². The highest BCUT2D eigenvalue weighted by atomic mass is 79.9. The molecule has 0 saturated heterocycles. The lowest BCUT2D eigenvalue weighted by Crippen LogP contribution is -2.11. The Morgan fingerprint density at radius 3 is 2.48 bits per heavy atom. The third-order valence-electron chi connectivity index (χ3n) is 3.11. The Bertz CT molecular complexity index is 685. The number of rotatable bonds is 3. The van der Waals surface area contributed by atoms with E-state index in [-0.39, 0.29) is 11.1 Å². The van der Waals surface area contributed by atoms with Gasteiger partial charge in [0.2, 0.25) is 0 Å². The second kappa shape index (κ2) is 5.52. The Morgan fingerprint density at radius 1 is 1.33 bits per heavy atom. The van der Waals surface area contributed by atoms with Crippen LogP contribution in [0.5, 0.6) is 5.75 Å². The summed E-state index contributed by atoms with van der Waals surface area (Å²) in [4.78, 5) is 10.9. The van der Waals surface area contributed by atoms with Gasteiger partial charge in [0.1, 0.15) is 5.75 Å². The van der Waals surface area contributed by atoms with Crippen LogP contribution in [0.25, 0.3) is 11.3 Å². The molecule has 0 fully saturated rings. The van der Waals surface area contributed by atoms with Crippen molar-refractivity contribution in [1.29, 1.82) is 0 Å². The minimum atomic E-state index is -1.13. The van der Waals surface area contributed by atoms with Crippen molar-refractivity contribution in [2.75, 3.05) is 7.11 Å². The summed E-state index contributed by atoms with van der Waals surface area (Å²) in [6.45, 7) is 6.27. The van der Waals surface area contributed by atoms with E-state index < -0.39 is 5.97 Å². The molecular weight excluding hydrogens is 338 g/mol. The Morgan fingerprint density at radius 2 is 2.00 bits per heavy atom. The summed E-state index contributed by atoms with van der Waals surface area (Å²) in [6.07, 6.45) is 0. The van der Waals surface area contributed by atoms with E-state index in [9.17, 15) is 4.79 Å². The van der Waals surface area contributed by atoms with Crippen LogP contribution >= 0.6 is 15.9 Å². The molecule has 0 atom stereocenters. The van der Waals surface area contributed by atoms with Crippen molar-refractivity contribution in [3.8, 4) is 17.1 Å². The largest absolute Gasteiger partial charge is 0.495 e. The summed E-state index contributed by atoms with van der Waals surface area (Å²) >= 11 is 3.48. The molecule has 2 rings (SSSR count). The predicted octanol–water partition coefficient (Wildman–Crippen LogP) is 4.11. The summed E-state index contributed by atoms with van der Waals surface area (Å²) in [6, 6.07) is 5.30. The Hall–Kier alpha value is -1.82. The van der Waals surface area contributed by atoms with Crippen LogP contribution in [0, 0.1) is 0 Å². The van der Waals surface area contributed by atoms with Gasteiger partial charge in [0.25, 0.3) is 0 Å². The number of nitrogens with zero attached hydrogens (tertiary/aromatic N) is 1. The Kier molecular flexibility index (Phi) is 4.09. The van der Waals surface area contributed by atoms with Crippen LogP contribution in [0.4, 0.5) is 0 Å². The van der Waals surface area contributed by atoms with E-state index in [0.29, 0.717) is 17.1 Å². The summed E-state index contributed by atoms with van der Waals surface area (Å²) < 4.78 is 11.3. The number of halogens is 1. The molecule has 5 nitrogen and oxygen atoms in total. The maximum absolute atomic E-state index is 10.9. The second-order valence-electron chi connectivity index (χ2n) is 5.67. The topological polar surface area (TPSA) is 72.6 Å². The quantitative estimate of drug-likeness (QED) is 0.898. The van der Waals surface area contributed by atoms with Gasteiger partial charge in [0.15, 0.2) is 11.5 Å². The van der Waals surface area contributed by atoms with Gasteiger partial charge in [-0.1, -0.05) is 25.9 Å². The van der Waals surface area contributed by atoms with Crippen molar-refractivity contribution in [1.82, 2.24) is 5.16 Å². The zero-order valence-electron chi connectivity index (χ0n) is 12.2. The monoisotopic (exact) mass is 353 g/mol. The normalized spacial score (nSPS) is 11.5. The van der Waals surface area contributed by atoms with Crippen molar-refractivity contribution >= 4 is 21.9 Å². The molecule has 1 aromatic carbocycles. The predicted molar refractivity (Wildman–Crippen MR) is 81.9 cm³/mol. The maximum Gasteiger partial charge on any atom is 0.358 e. The first kappa shape index (κ1) is 15.6. The number of carbonyl (C=O) groups is 1. The first-order valence-electron chi connectivity index (χ1n) is 6.32. The molecule has 6 heteroatoms. The molecule has 2 aromatic rings. The Balaban J connectivity index is 2.64. The summed E-state index contributed by atoms with van der Waals surface area (Å²) in [5.41, 5.74) is 1.53. The van der Waals surface area contributed by atoms with Gasteiger partial charge in [-0.15, -0.1) is 0 Å². The van der Waals surface area contributed by atoms with Crippen LogP contribution in [-0.4, -0.2) is 23.3 Å². The molecule has 0 aliphatic carbocycles. The first-order chi connectivity index (χ1) is 9.74. The van der Waals surface area contributed by atoms with Crippen LogP contribution < -0.4 is 4.74 Å². The SMILES string of the molecule is COc1c(Br)cc(C(C)(C)C)cc1-c1cc(C(=O)O)no1. The molecule has 21 heavy (non-hydrogen) atoms. The summed E-state index contributed by atoms with van der Waals surface area (Å²) in [5, 5.41) is 12.5. The van der Waals surface area contributed by atoms with Gasteiger partial charge in [-0.25, -0.2) is 4.79 Å². The molecule has 0 saturated carbocycles. The molecule has 1 aromatic heterocycles. The minimum absolute atomic E-state index is 0.0702. The van der Waals surface area contributed by atoms with Gasteiger partial charge >= 0.3 is 5.97 Å². The fraction of sp³-hybridized carbons (Fsp3) is 0.333. The zero-order chi connectivity index (χ0) is 15.8. The lowest BCUT2D eigenvalue weighted by Gasteiger charge is -2.21. The van der Waals surface area contributed by atoms with E-state index in [4.69, 9.17) is 14.4 Å². The fourth-order valence-electron chi connectivity index (χ4n) is 1.92. The molecule has 0 bridgehead atoms. The van der Waals surface area contributed by atoms with Crippen molar-refractivity contribution in [3.63, 3.8) is 0 Å². The average Bonchev–Trinajstić information content (AvgIpc) is 2.86. The molecule has 0 unspecified atom stereocenters. The Labute approximate surface area is 131 Å². The lowest BCUT2D eigenvalue weighted by molar-refractivity contribution is 0.0686. The van der Waals surface area contributed by atoms with Crippen molar-refractivity contribution in [2.45, 2.75) is 26.2 Å². The second-order valence-corrected chi connectivity index (χ2v) is 6.52. The van der Waals surface area contributed by atoms with Crippen molar-refractivity contribution in [2.24, 2.45) is 0 Å². The number of ether oxygens (including phenoxy) is 1. The highest BCUT2D eigenvalue weighted by molar-refractivity contribution is 9.10. The van der Waals surface area contributed by atoms with Gasteiger partial charge in [0.05, 0.1) is 17.1 Å². The number of benzene rings is 1. The van der Waals surface area contributed by atoms with Crippen LogP contribution in [-0.2, 0) is 5.41 Å². The maximum atomic E-state index is 10.9. The molecular formula is C15H16BrNO4. The van der Waals surface area contributed by atoms with Gasteiger partial charge in [0, 0.05) is 6.07 Å². The third kappa shape index (κ3) is 3.10. The molecule has 112 valence electrons. The molecule has 0 amide bonds. The number of aromatic carboxylic acids is 1. The van der Waals surface area contributed by atoms with E-state index >= 15 is 0 Å². The van der Waals surface area contributed by atoms with Gasteiger partial charge < -0.3 is 14.4 Å². The van der Waals surface area contributed by atoms with Gasteiger partial charge in [-0.05, 0) is 39.0 Å². The van der Waals surface area contributed by atoms with Crippen LogP contribution in [0.3, 0.4) is 0 Å². The summed E-state index contributed by atoms with van der Waals surface area (Å²) in [5.74, 6) is -0.192. The molecule has 1 heterocycles. The van der Waals surface area contributed by atoms with E-state index in [1.807, 2.05) is 12.1 Å². The van der Waals surface area contributed by atoms with Gasteiger partial charge in [-0.3, -0.25) is 0 Å². The highest BCUT2D eigenvalue weighted by Crippen LogP contribution is 2.40. The molecule has 1 N–H and O–H groups in total. The number of hydrogen-bond donors (Lipinski definition) is 1. The molecule has 0 aliphatic rings. The van der Waals surface area contributed by atoms with E-state index in [2.05, 4.69) is 41.9 Å². The smallest absolute Gasteiger partial charge is 0.358 e. The molecule has 0 spiro atoms. The number of methoxy groups -OCH3 is 1. The van der Waals surface area contributed by atoms with Crippen LogP contribution in [0.1, 0.15) is 36.8 Å². The number of hydrogen-bond acceptors (Lipinski definition) is 4. The lowest BCUT2D eigenvalue weighted by atomic mass is 9.86. The van der Waals surface area contributed by atoms with Crippen molar-refractivity contribution < 1.29 is 19.2 Å². The molecule has 0 radical (unpaired) electrons. The first-order valence-corrected chi connectivity index (χ1v) is 7.11. The van der Waals surface area contributed by atoms with E-state index in [0.717, 1.165) is 10.0 Å². The molecule has 0 aliphatic heterocycles. The highest BCUT2D eigenvalue weighted by Gasteiger charge is 2.22. The fourth-order valence-corrected chi connectivity index (χ4v) is 2.54. The number of aromatic nitrogens is 1. The summed E-state index contributed by atoms with van der Waals surface area (Å²) in [7, 11) is 1.55. The van der Waals surface area contributed by atoms with Gasteiger partial charge in [-0.2, -0.15) is 0 Å². The van der Waals surface area contributed by atoms with Crippen LogP contribution in [0.15, 0.2) is 27.2 Å². The average molecular weight is 354 g/mol.